The fourth-order valence-electron chi connectivity index (χ4n) is 3.29. The first-order valence-electron chi connectivity index (χ1n) is 8.38. The van der Waals surface area contributed by atoms with E-state index in [9.17, 15) is 8.42 Å². The van der Waals surface area contributed by atoms with Gasteiger partial charge in [0.15, 0.2) is 0 Å². The summed E-state index contributed by atoms with van der Waals surface area (Å²) in [7, 11) is 0.650. The number of hydrogen-bond acceptors (Lipinski definition) is 4. The summed E-state index contributed by atoms with van der Waals surface area (Å²) in [6, 6.07) is 6.90. The van der Waals surface area contributed by atoms with Crippen LogP contribution < -0.4 is 0 Å². The first kappa shape index (κ1) is 19.7. The lowest BCUT2D eigenvalue weighted by Gasteiger charge is -2.44. The van der Waals surface area contributed by atoms with Gasteiger partial charge in [-0.15, -0.1) is 0 Å². The standard InChI is InChI=1S/C17H28ClN3O2S/c1-14-12-20(13-15(2)21(14)10-6-9-19(3)4)24(22,23)17-8-5-7-16(18)11-17/h5,7-8,11,14-15H,6,9-10,12-13H2,1-4H3. The number of benzene rings is 1. The highest BCUT2D eigenvalue weighted by atomic mass is 35.5. The molecular formula is C17H28ClN3O2S. The predicted octanol–water partition coefficient (Wildman–Crippen LogP) is 2.38. The number of sulfonamides is 1. The van der Waals surface area contributed by atoms with Crippen molar-refractivity contribution in [2.24, 2.45) is 0 Å². The average molecular weight is 374 g/mol. The van der Waals surface area contributed by atoms with Crippen LogP contribution in [0, 0.1) is 0 Å². The van der Waals surface area contributed by atoms with Gasteiger partial charge in [0.2, 0.25) is 10.0 Å². The van der Waals surface area contributed by atoms with E-state index < -0.39 is 10.0 Å². The lowest BCUT2D eigenvalue weighted by atomic mass is 10.1. The van der Waals surface area contributed by atoms with E-state index in [1.807, 2.05) is 0 Å². The van der Waals surface area contributed by atoms with Crippen LogP contribution >= 0.6 is 11.6 Å². The second-order valence-corrected chi connectivity index (χ2v) is 9.25. The number of rotatable bonds is 6. The van der Waals surface area contributed by atoms with Gasteiger partial charge in [0, 0.05) is 36.7 Å². The summed E-state index contributed by atoms with van der Waals surface area (Å²) < 4.78 is 27.4. The minimum absolute atomic E-state index is 0.199. The van der Waals surface area contributed by atoms with Gasteiger partial charge >= 0.3 is 0 Å². The molecule has 0 N–H and O–H groups in total. The molecule has 24 heavy (non-hydrogen) atoms. The molecular weight excluding hydrogens is 346 g/mol. The van der Waals surface area contributed by atoms with Gasteiger partial charge in [-0.3, -0.25) is 4.90 Å². The van der Waals surface area contributed by atoms with Crippen LogP contribution in [-0.2, 0) is 10.0 Å². The maximum atomic E-state index is 12.9. The number of halogens is 1. The Morgan fingerprint density at radius 3 is 2.38 bits per heavy atom. The molecule has 1 aromatic carbocycles. The van der Waals surface area contributed by atoms with E-state index in [-0.39, 0.29) is 17.0 Å². The van der Waals surface area contributed by atoms with Crippen LogP contribution in [0.2, 0.25) is 5.02 Å². The molecule has 0 spiro atoms. The third kappa shape index (κ3) is 4.70. The molecule has 1 fully saturated rings. The largest absolute Gasteiger partial charge is 0.309 e. The van der Waals surface area contributed by atoms with Crippen LogP contribution in [0.3, 0.4) is 0 Å². The Kier molecular flexibility index (Phi) is 6.67. The van der Waals surface area contributed by atoms with Crippen molar-refractivity contribution in [2.45, 2.75) is 37.2 Å². The zero-order valence-electron chi connectivity index (χ0n) is 14.9. The highest BCUT2D eigenvalue weighted by Crippen LogP contribution is 2.24. The zero-order chi connectivity index (χ0) is 17.9. The topological polar surface area (TPSA) is 43.9 Å². The van der Waals surface area contributed by atoms with Crippen LogP contribution in [0.1, 0.15) is 20.3 Å². The fraction of sp³-hybridized carbons (Fsp3) is 0.647. The molecule has 0 amide bonds. The maximum Gasteiger partial charge on any atom is 0.243 e. The molecule has 2 unspecified atom stereocenters. The van der Waals surface area contributed by atoms with Gasteiger partial charge in [-0.2, -0.15) is 4.31 Å². The first-order valence-corrected chi connectivity index (χ1v) is 10.2. The number of hydrogen-bond donors (Lipinski definition) is 0. The highest BCUT2D eigenvalue weighted by molar-refractivity contribution is 7.89. The SMILES string of the molecule is CC1CN(S(=O)(=O)c2cccc(Cl)c2)CC(C)N1CCCN(C)C. The lowest BCUT2D eigenvalue weighted by Crippen LogP contribution is -2.58. The van der Waals surface area contributed by atoms with Crippen LogP contribution in [0.25, 0.3) is 0 Å². The van der Waals surface area contributed by atoms with E-state index in [1.54, 1.807) is 22.5 Å². The van der Waals surface area contributed by atoms with Crippen molar-refractivity contribution >= 4 is 21.6 Å². The molecule has 0 radical (unpaired) electrons. The van der Waals surface area contributed by atoms with Gasteiger partial charge in [-0.05, 0) is 59.1 Å². The molecule has 2 rings (SSSR count). The first-order chi connectivity index (χ1) is 11.2. The number of piperazine rings is 1. The molecule has 1 aromatic rings. The molecule has 1 saturated heterocycles. The molecule has 1 heterocycles. The van der Waals surface area contributed by atoms with E-state index in [0.717, 1.165) is 19.5 Å². The van der Waals surface area contributed by atoms with Crippen LogP contribution in [-0.4, -0.2) is 74.9 Å². The van der Waals surface area contributed by atoms with E-state index in [0.29, 0.717) is 18.1 Å². The molecule has 0 aliphatic carbocycles. The molecule has 2 atom stereocenters. The van der Waals surface area contributed by atoms with Crippen molar-refractivity contribution in [3.8, 4) is 0 Å². The van der Waals surface area contributed by atoms with Gasteiger partial charge in [0.05, 0.1) is 4.90 Å². The maximum absolute atomic E-state index is 12.9. The third-order valence-corrected chi connectivity index (χ3v) is 6.59. The highest BCUT2D eigenvalue weighted by Gasteiger charge is 2.35. The number of nitrogens with zero attached hydrogens (tertiary/aromatic N) is 3. The van der Waals surface area contributed by atoms with E-state index >= 15 is 0 Å². The predicted molar refractivity (Wildman–Crippen MR) is 99.0 cm³/mol. The van der Waals surface area contributed by atoms with Crippen LogP contribution in [0.15, 0.2) is 29.2 Å². The molecule has 1 aliphatic heterocycles. The summed E-state index contributed by atoms with van der Waals surface area (Å²) in [5.74, 6) is 0. The molecule has 136 valence electrons. The summed E-state index contributed by atoms with van der Waals surface area (Å²) in [6.07, 6.45) is 1.09. The second kappa shape index (κ2) is 8.15. The Hall–Kier alpha value is -0.660. The van der Waals surface area contributed by atoms with Gasteiger partial charge in [-0.1, -0.05) is 17.7 Å². The molecule has 1 aliphatic rings. The molecule has 0 aromatic heterocycles. The molecule has 0 bridgehead atoms. The summed E-state index contributed by atoms with van der Waals surface area (Å²) in [5, 5.41) is 0.444. The minimum Gasteiger partial charge on any atom is -0.309 e. The van der Waals surface area contributed by atoms with Gasteiger partial charge in [-0.25, -0.2) is 8.42 Å². The Labute approximate surface area is 151 Å². The Bertz CT molecular complexity index is 639. The van der Waals surface area contributed by atoms with Crippen molar-refractivity contribution in [1.82, 2.24) is 14.1 Å². The normalized spacial score (nSPS) is 23.8. The Morgan fingerprint density at radius 1 is 1.21 bits per heavy atom. The zero-order valence-corrected chi connectivity index (χ0v) is 16.5. The van der Waals surface area contributed by atoms with Gasteiger partial charge in [0.1, 0.15) is 0 Å². The minimum atomic E-state index is -3.49. The monoisotopic (exact) mass is 373 g/mol. The summed E-state index contributed by atoms with van der Waals surface area (Å²) in [5.41, 5.74) is 0. The van der Waals surface area contributed by atoms with Crippen LogP contribution in [0.4, 0.5) is 0 Å². The van der Waals surface area contributed by atoms with Crippen molar-refractivity contribution in [2.75, 3.05) is 40.3 Å². The molecule has 7 heteroatoms. The fourth-order valence-corrected chi connectivity index (χ4v) is 5.19. The summed E-state index contributed by atoms with van der Waals surface area (Å²) >= 11 is 5.96. The summed E-state index contributed by atoms with van der Waals surface area (Å²) in [4.78, 5) is 4.86. The second-order valence-electron chi connectivity index (χ2n) is 6.87. The average Bonchev–Trinajstić information content (AvgIpc) is 2.49. The van der Waals surface area contributed by atoms with Gasteiger partial charge < -0.3 is 4.90 Å². The molecule has 5 nitrogen and oxygen atoms in total. The quantitative estimate of drug-likeness (QED) is 0.767. The molecule has 0 saturated carbocycles. The van der Waals surface area contributed by atoms with E-state index in [1.165, 1.54) is 6.07 Å². The van der Waals surface area contributed by atoms with E-state index in [4.69, 9.17) is 11.6 Å². The van der Waals surface area contributed by atoms with Crippen molar-refractivity contribution < 1.29 is 8.42 Å². The Morgan fingerprint density at radius 2 is 1.83 bits per heavy atom. The van der Waals surface area contributed by atoms with Crippen molar-refractivity contribution in [3.63, 3.8) is 0 Å². The van der Waals surface area contributed by atoms with Crippen molar-refractivity contribution in [1.29, 1.82) is 0 Å². The van der Waals surface area contributed by atoms with Crippen LogP contribution in [0.5, 0.6) is 0 Å². The smallest absolute Gasteiger partial charge is 0.243 e. The third-order valence-electron chi connectivity index (χ3n) is 4.52. The van der Waals surface area contributed by atoms with E-state index in [2.05, 4.69) is 37.7 Å². The van der Waals surface area contributed by atoms with Crippen molar-refractivity contribution in [3.05, 3.63) is 29.3 Å². The Balaban J connectivity index is 2.07. The van der Waals surface area contributed by atoms with Gasteiger partial charge in [0.25, 0.3) is 0 Å². The summed E-state index contributed by atoms with van der Waals surface area (Å²) in [6.45, 7) is 7.27. The lowest BCUT2D eigenvalue weighted by molar-refractivity contribution is 0.0740.